The molecule has 0 aliphatic carbocycles. The van der Waals surface area contributed by atoms with Gasteiger partial charge in [0.25, 0.3) is 5.91 Å². The van der Waals surface area contributed by atoms with Crippen LogP contribution in [0.3, 0.4) is 0 Å². The van der Waals surface area contributed by atoms with Gasteiger partial charge in [-0.25, -0.2) is 14.8 Å². The molecule has 8 nitrogen and oxygen atoms in total. The Morgan fingerprint density at radius 1 is 1.05 bits per heavy atom. The number of aryl methyl sites for hydroxylation is 3. The number of halogens is 2. The van der Waals surface area contributed by atoms with E-state index in [0.29, 0.717) is 32.0 Å². The summed E-state index contributed by atoms with van der Waals surface area (Å²) in [5, 5.41) is 15.8. The van der Waals surface area contributed by atoms with Crippen molar-refractivity contribution in [2.24, 2.45) is 7.05 Å². The third-order valence-corrected chi connectivity index (χ3v) is 7.89. The minimum absolute atomic E-state index is 0.139. The Labute approximate surface area is 237 Å². The number of anilines is 3. The molecule has 0 radical (unpaired) electrons. The third kappa shape index (κ3) is 5.51. The summed E-state index contributed by atoms with van der Waals surface area (Å²) >= 11 is 6.81. The molecule has 3 N–H and O–H groups in total. The normalized spacial score (nSPS) is 10.9. The molecule has 0 bridgehead atoms. The molecule has 2 heterocycles. The molecule has 2 aromatic carbocycles. The van der Waals surface area contributed by atoms with Crippen LogP contribution in [-0.2, 0) is 19.9 Å². The first-order valence-electron chi connectivity index (χ1n) is 12.1. The van der Waals surface area contributed by atoms with E-state index in [-0.39, 0.29) is 11.5 Å². The number of aromatic nitrogens is 3. The summed E-state index contributed by atoms with van der Waals surface area (Å²) < 4.78 is 2.77. The molecule has 2 aromatic heterocycles. The first-order valence-corrected chi connectivity index (χ1v) is 13.6. The number of carboxylic acids is 1. The molecule has 0 aliphatic rings. The van der Waals surface area contributed by atoms with Gasteiger partial charge < -0.3 is 20.3 Å². The summed E-state index contributed by atoms with van der Waals surface area (Å²) in [4.78, 5) is 33.7. The molecule has 38 heavy (non-hydrogen) atoms. The summed E-state index contributed by atoms with van der Waals surface area (Å²) in [6, 6.07) is 13.1. The van der Waals surface area contributed by atoms with Crippen molar-refractivity contribution in [1.82, 2.24) is 14.5 Å². The second-order valence-electron chi connectivity index (χ2n) is 8.76. The number of para-hydroxylation sites is 1. The van der Waals surface area contributed by atoms with Crippen LogP contribution in [0, 0.1) is 6.92 Å². The highest BCUT2D eigenvalue weighted by molar-refractivity contribution is 9.10. The average molecular weight is 641 g/mol. The van der Waals surface area contributed by atoms with Crippen molar-refractivity contribution in [2.45, 2.75) is 33.6 Å². The smallest absolute Gasteiger partial charge is 0.338 e. The Morgan fingerprint density at radius 3 is 2.32 bits per heavy atom. The van der Waals surface area contributed by atoms with Gasteiger partial charge in [-0.05, 0) is 92.6 Å². The van der Waals surface area contributed by atoms with Gasteiger partial charge in [0.1, 0.15) is 5.69 Å². The van der Waals surface area contributed by atoms with Crippen LogP contribution in [0.15, 0.2) is 57.7 Å². The Hall–Kier alpha value is -3.50. The van der Waals surface area contributed by atoms with E-state index in [1.165, 1.54) is 0 Å². The predicted octanol–water partition coefficient (Wildman–Crippen LogP) is 7.13. The third-order valence-electron chi connectivity index (χ3n) is 6.35. The van der Waals surface area contributed by atoms with Gasteiger partial charge in [0, 0.05) is 30.2 Å². The fourth-order valence-electron chi connectivity index (χ4n) is 4.22. The van der Waals surface area contributed by atoms with Crippen molar-refractivity contribution >= 4 is 61.1 Å². The molecule has 0 saturated heterocycles. The molecule has 0 saturated carbocycles. The van der Waals surface area contributed by atoms with E-state index >= 15 is 0 Å². The number of aromatic carboxylic acids is 1. The van der Waals surface area contributed by atoms with Gasteiger partial charge in [-0.1, -0.05) is 32.0 Å². The molecular formula is C28H27Br2N5O3. The van der Waals surface area contributed by atoms with E-state index in [2.05, 4.69) is 66.3 Å². The van der Waals surface area contributed by atoms with Gasteiger partial charge in [0.15, 0.2) is 0 Å². The lowest BCUT2D eigenvalue weighted by Gasteiger charge is -2.15. The van der Waals surface area contributed by atoms with Crippen LogP contribution in [0.25, 0.3) is 11.4 Å². The van der Waals surface area contributed by atoms with E-state index < -0.39 is 5.97 Å². The molecule has 4 aromatic rings. The number of benzene rings is 2. The topological polar surface area (TPSA) is 109 Å². The summed E-state index contributed by atoms with van der Waals surface area (Å²) in [5.74, 6) is -0.866. The van der Waals surface area contributed by atoms with Crippen LogP contribution in [0.2, 0.25) is 0 Å². The largest absolute Gasteiger partial charge is 0.478 e. The number of carboxylic acid groups (broad SMARTS) is 1. The van der Waals surface area contributed by atoms with E-state index in [0.717, 1.165) is 40.9 Å². The summed E-state index contributed by atoms with van der Waals surface area (Å²) in [5.41, 5.74) is 6.53. The monoisotopic (exact) mass is 639 g/mol. The van der Waals surface area contributed by atoms with Crippen molar-refractivity contribution in [3.05, 3.63) is 85.6 Å². The van der Waals surface area contributed by atoms with Gasteiger partial charge in [-0.2, -0.15) is 0 Å². The minimum Gasteiger partial charge on any atom is -0.478 e. The standard InChI is InChI=1S/C28H27Br2N5O3/c1-5-16-8-7-9-17(6-2)23(16)33-26(36)18-10-11-21(15(3)12-18)32-28-31-14-20(29)24(34-28)22-13-19(27(37)38)25(30)35(22)4/h7-14H,5-6H2,1-4H3,(H,33,36)(H,37,38)(H,31,32,34). The molecule has 4 rings (SSSR count). The minimum atomic E-state index is -1.04. The van der Waals surface area contributed by atoms with Crippen molar-refractivity contribution in [1.29, 1.82) is 0 Å². The van der Waals surface area contributed by atoms with Crippen LogP contribution in [0.4, 0.5) is 17.3 Å². The molecule has 0 atom stereocenters. The van der Waals surface area contributed by atoms with Crippen molar-refractivity contribution in [3.63, 3.8) is 0 Å². The SMILES string of the molecule is CCc1cccc(CC)c1NC(=O)c1ccc(Nc2ncc(Br)c(-c3cc(C(=O)O)c(Br)n3C)n2)c(C)c1. The van der Waals surface area contributed by atoms with E-state index in [9.17, 15) is 14.7 Å². The molecule has 196 valence electrons. The van der Waals surface area contributed by atoms with Gasteiger partial charge in [0.2, 0.25) is 5.95 Å². The fraction of sp³-hybridized carbons (Fsp3) is 0.214. The van der Waals surface area contributed by atoms with Crippen LogP contribution >= 0.6 is 31.9 Å². The second kappa shape index (κ2) is 11.5. The van der Waals surface area contributed by atoms with Crippen LogP contribution in [0.1, 0.15) is 51.3 Å². The van der Waals surface area contributed by atoms with Gasteiger partial charge in [0.05, 0.1) is 20.3 Å². The van der Waals surface area contributed by atoms with E-state index in [1.54, 1.807) is 29.9 Å². The maximum Gasteiger partial charge on any atom is 0.338 e. The Kier molecular flexibility index (Phi) is 8.32. The predicted molar refractivity (Wildman–Crippen MR) is 156 cm³/mol. The summed E-state index contributed by atoms with van der Waals surface area (Å²) in [6.07, 6.45) is 3.27. The van der Waals surface area contributed by atoms with E-state index in [1.807, 2.05) is 37.3 Å². The van der Waals surface area contributed by atoms with E-state index in [4.69, 9.17) is 0 Å². The second-order valence-corrected chi connectivity index (χ2v) is 10.4. The maximum atomic E-state index is 13.1. The maximum absolute atomic E-state index is 13.1. The highest BCUT2D eigenvalue weighted by Crippen LogP contribution is 2.33. The number of carbonyl (C=O) groups excluding carboxylic acids is 1. The summed E-state index contributed by atoms with van der Waals surface area (Å²) in [6.45, 7) is 6.06. The Morgan fingerprint density at radius 2 is 1.74 bits per heavy atom. The number of carbonyl (C=O) groups is 2. The Balaban J connectivity index is 1.59. The highest BCUT2D eigenvalue weighted by atomic mass is 79.9. The fourth-order valence-corrected chi connectivity index (χ4v) is 5.09. The molecule has 0 aliphatic heterocycles. The Bertz CT molecular complexity index is 1530. The molecule has 10 heteroatoms. The molecule has 1 amide bonds. The molecule has 0 unspecified atom stereocenters. The number of nitrogens with zero attached hydrogens (tertiary/aromatic N) is 3. The average Bonchev–Trinajstić information content (AvgIpc) is 3.20. The van der Waals surface area contributed by atoms with Crippen LogP contribution < -0.4 is 10.6 Å². The van der Waals surface area contributed by atoms with Crippen molar-refractivity contribution < 1.29 is 14.7 Å². The van der Waals surface area contributed by atoms with Gasteiger partial charge in [-0.15, -0.1) is 0 Å². The zero-order chi connectivity index (χ0) is 27.6. The highest BCUT2D eigenvalue weighted by Gasteiger charge is 2.20. The van der Waals surface area contributed by atoms with Crippen molar-refractivity contribution in [2.75, 3.05) is 10.6 Å². The molecule has 0 fully saturated rings. The number of amides is 1. The van der Waals surface area contributed by atoms with Crippen molar-refractivity contribution in [3.8, 4) is 11.4 Å². The van der Waals surface area contributed by atoms with Crippen LogP contribution in [-0.4, -0.2) is 31.5 Å². The first-order chi connectivity index (χ1) is 18.1. The number of nitrogens with one attached hydrogen (secondary N) is 2. The zero-order valence-corrected chi connectivity index (χ0v) is 24.6. The lowest BCUT2D eigenvalue weighted by Crippen LogP contribution is -2.15. The lowest BCUT2D eigenvalue weighted by atomic mass is 10.0. The van der Waals surface area contributed by atoms with Crippen LogP contribution in [0.5, 0.6) is 0 Å². The lowest BCUT2D eigenvalue weighted by molar-refractivity contribution is 0.0695. The first kappa shape index (κ1) is 27.5. The van der Waals surface area contributed by atoms with Gasteiger partial charge >= 0.3 is 5.97 Å². The summed E-state index contributed by atoms with van der Waals surface area (Å²) in [7, 11) is 1.75. The number of rotatable bonds is 8. The molecular weight excluding hydrogens is 614 g/mol. The zero-order valence-electron chi connectivity index (χ0n) is 21.4. The van der Waals surface area contributed by atoms with Gasteiger partial charge in [-0.3, -0.25) is 4.79 Å². The number of hydrogen-bond donors (Lipinski definition) is 3. The molecule has 0 spiro atoms. The quantitative estimate of drug-likeness (QED) is 0.189. The number of hydrogen-bond acceptors (Lipinski definition) is 5.